The molecule has 0 spiro atoms. The number of nitrogens with one attached hydrogen (secondary N) is 3. The third-order valence-electron chi connectivity index (χ3n) is 9.99. The molecule has 15 nitrogen and oxygen atoms in total. The molecule has 6 rings (SSSR count). The lowest BCUT2D eigenvalue weighted by Crippen LogP contribution is -2.59. The van der Waals surface area contributed by atoms with Crippen LogP contribution in [0.4, 0.5) is 4.79 Å². The number of ether oxygens (including phenoxy) is 2. The zero-order valence-corrected chi connectivity index (χ0v) is 28.4. The summed E-state index contributed by atoms with van der Waals surface area (Å²) < 4.78 is 39.3. The minimum absolute atomic E-state index is 0.0111. The van der Waals surface area contributed by atoms with Gasteiger partial charge in [-0.2, -0.15) is 0 Å². The van der Waals surface area contributed by atoms with Gasteiger partial charge >= 0.3 is 6.09 Å². The Labute approximate surface area is 284 Å². The second kappa shape index (κ2) is 13.4. The first-order valence-electron chi connectivity index (χ1n) is 16.6. The van der Waals surface area contributed by atoms with Crippen LogP contribution in [0, 0.1) is 17.8 Å². The molecule has 1 saturated heterocycles. The molecule has 16 heteroatoms. The molecule has 0 unspecified atom stereocenters. The summed E-state index contributed by atoms with van der Waals surface area (Å²) in [6.45, 7) is 3.74. The number of nitrogens with zero attached hydrogens (tertiary/aromatic N) is 3. The van der Waals surface area contributed by atoms with Gasteiger partial charge in [0.15, 0.2) is 0 Å². The number of allylic oxidation sites excluding steroid dienone is 1. The van der Waals surface area contributed by atoms with Crippen LogP contribution in [0.1, 0.15) is 58.8 Å². The van der Waals surface area contributed by atoms with Crippen molar-refractivity contribution in [1.29, 1.82) is 0 Å². The maximum Gasteiger partial charge on any atom is 0.405 e. The molecule has 0 bridgehead atoms. The van der Waals surface area contributed by atoms with Crippen LogP contribution in [0.2, 0.25) is 0 Å². The lowest BCUT2D eigenvalue weighted by molar-refractivity contribution is -0.142. The lowest BCUT2D eigenvalue weighted by Gasteiger charge is -2.32. The Morgan fingerprint density at radius 3 is 2.43 bits per heavy atom. The van der Waals surface area contributed by atoms with E-state index in [1.54, 1.807) is 25.1 Å². The first-order valence-corrected chi connectivity index (χ1v) is 18.2. The quantitative estimate of drug-likeness (QED) is 0.308. The van der Waals surface area contributed by atoms with Gasteiger partial charge in [-0.15, -0.1) is 10.2 Å². The Kier molecular flexibility index (Phi) is 9.44. The number of hydrogen-bond acceptors (Lipinski definition) is 10. The van der Waals surface area contributed by atoms with Crippen LogP contribution in [-0.2, 0) is 24.4 Å². The summed E-state index contributed by atoms with van der Waals surface area (Å²) in [5.74, 6) is -2.38. The maximum absolute atomic E-state index is 14.3. The molecule has 4 amide bonds. The van der Waals surface area contributed by atoms with Gasteiger partial charge in [-0.05, 0) is 62.5 Å². The largest absolute Gasteiger partial charge is 0.479 e. The van der Waals surface area contributed by atoms with E-state index in [9.17, 15) is 32.7 Å². The lowest BCUT2D eigenvalue weighted by atomic mass is 9.88. The fraction of sp³-hybridized carbons (Fsp3) is 0.576. The standard InChI is InChI=1S/C33H42N6O9S/c1-18-8-4-5-9-20-16-33(20,31(42)38-49(45,46)22-12-13-22)35-27(40)25-15-21(17-39(25)30(41)26(19(2)14-18)34-32(43)44)48-29-24-11-7-6-10-23(24)28(47-3)36-37-29/h5-7,9-11,18-22,25-26,34H,4,8,12-17H2,1-3H3,(H,35,40)(H,38,42)(H,43,44)/t18-,19-,20-,21-,25+,26+,33-/m1/s1. The van der Waals surface area contributed by atoms with Crippen molar-refractivity contribution in [2.75, 3.05) is 13.7 Å². The monoisotopic (exact) mass is 698 g/mol. The molecule has 3 fully saturated rings. The van der Waals surface area contributed by atoms with Crippen LogP contribution >= 0.6 is 0 Å². The molecule has 1 aromatic heterocycles. The van der Waals surface area contributed by atoms with Gasteiger partial charge in [0.2, 0.25) is 33.6 Å². The molecule has 7 atom stereocenters. The van der Waals surface area contributed by atoms with Crippen molar-refractivity contribution in [2.45, 2.75) is 87.8 Å². The van der Waals surface area contributed by atoms with E-state index in [-0.39, 0.29) is 31.2 Å². The molecule has 2 aromatic rings. The third-order valence-corrected chi connectivity index (χ3v) is 11.8. The summed E-state index contributed by atoms with van der Waals surface area (Å²) in [6, 6.07) is 4.85. The molecule has 2 saturated carbocycles. The van der Waals surface area contributed by atoms with Crippen molar-refractivity contribution in [3.05, 3.63) is 36.4 Å². The highest BCUT2D eigenvalue weighted by molar-refractivity contribution is 7.91. The van der Waals surface area contributed by atoms with Crippen molar-refractivity contribution >= 4 is 44.6 Å². The Morgan fingerprint density at radius 2 is 1.76 bits per heavy atom. The van der Waals surface area contributed by atoms with Gasteiger partial charge in [-0.1, -0.05) is 38.1 Å². The number of benzene rings is 1. The summed E-state index contributed by atoms with van der Waals surface area (Å²) in [6.07, 6.45) is 4.64. The van der Waals surface area contributed by atoms with Gasteiger partial charge in [0.25, 0.3) is 5.91 Å². The van der Waals surface area contributed by atoms with Crippen molar-refractivity contribution in [3.63, 3.8) is 0 Å². The van der Waals surface area contributed by atoms with Gasteiger partial charge in [0.05, 0.1) is 29.7 Å². The van der Waals surface area contributed by atoms with Gasteiger partial charge in [0, 0.05) is 12.3 Å². The second-order valence-electron chi connectivity index (χ2n) is 13.7. The number of carbonyl (C=O) groups is 4. The van der Waals surface area contributed by atoms with E-state index in [0.29, 0.717) is 42.3 Å². The number of carboxylic acid groups (broad SMARTS) is 1. The van der Waals surface area contributed by atoms with Gasteiger partial charge in [-0.25, -0.2) is 13.2 Å². The summed E-state index contributed by atoms with van der Waals surface area (Å²) in [7, 11) is -2.43. The number of carbonyl (C=O) groups excluding carboxylic acids is 3. The fourth-order valence-electron chi connectivity index (χ4n) is 7.08. The summed E-state index contributed by atoms with van der Waals surface area (Å²) in [4.78, 5) is 55.3. The summed E-state index contributed by atoms with van der Waals surface area (Å²) in [5.41, 5.74) is -1.53. The van der Waals surface area contributed by atoms with Crippen LogP contribution in [0.25, 0.3) is 10.8 Å². The molecule has 4 N–H and O–H groups in total. The molecule has 2 aliphatic carbocycles. The minimum Gasteiger partial charge on any atom is -0.479 e. The Hall–Kier alpha value is -4.47. The Bertz CT molecular complexity index is 1780. The van der Waals surface area contributed by atoms with Gasteiger partial charge < -0.3 is 30.1 Å². The highest BCUT2D eigenvalue weighted by Crippen LogP contribution is 2.46. The molecule has 49 heavy (non-hydrogen) atoms. The fourth-order valence-corrected chi connectivity index (χ4v) is 8.45. The Balaban J connectivity index is 1.34. The zero-order chi connectivity index (χ0) is 35.1. The van der Waals surface area contributed by atoms with Crippen molar-refractivity contribution in [2.24, 2.45) is 17.8 Å². The van der Waals surface area contributed by atoms with E-state index in [2.05, 4.69) is 25.6 Å². The second-order valence-corrected chi connectivity index (χ2v) is 15.7. The van der Waals surface area contributed by atoms with Gasteiger partial charge in [-0.3, -0.25) is 19.1 Å². The average molecular weight is 699 g/mol. The molecule has 4 aliphatic rings. The van der Waals surface area contributed by atoms with E-state index in [1.165, 1.54) is 12.0 Å². The molecule has 3 heterocycles. The first kappa shape index (κ1) is 34.4. The van der Waals surface area contributed by atoms with Crippen molar-refractivity contribution in [3.8, 4) is 11.8 Å². The maximum atomic E-state index is 14.3. The smallest absolute Gasteiger partial charge is 0.405 e. The number of sulfonamides is 1. The van der Waals surface area contributed by atoms with E-state index >= 15 is 0 Å². The van der Waals surface area contributed by atoms with Gasteiger partial charge in [0.1, 0.15) is 23.7 Å². The van der Waals surface area contributed by atoms with Crippen LogP contribution < -0.4 is 24.8 Å². The molecule has 2 aliphatic heterocycles. The zero-order valence-electron chi connectivity index (χ0n) is 27.6. The highest BCUT2D eigenvalue weighted by Gasteiger charge is 2.62. The molecule has 264 valence electrons. The predicted octanol–water partition coefficient (Wildman–Crippen LogP) is 2.12. The van der Waals surface area contributed by atoms with Crippen LogP contribution in [0.5, 0.6) is 11.8 Å². The molecule has 0 radical (unpaired) electrons. The molecule has 1 aromatic carbocycles. The van der Waals surface area contributed by atoms with Crippen LogP contribution in [0.15, 0.2) is 36.4 Å². The van der Waals surface area contributed by atoms with E-state index in [0.717, 1.165) is 6.42 Å². The molecular formula is C33H42N6O9S. The normalized spacial score (nSPS) is 30.6. The van der Waals surface area contributed by atoms with E-state index in [1.807, 2.05) is 25.1 Å². The number of methoxy groups -OCH3 is 1. The Morgan fingerprint density at radius 1 is 1.06 bits per heavy atom. The van der Waals surface area contributed by atoms with Crippen LogP contribution in [-0.4, -0.2) is 95.1 Å². The minimum atomic E-state index is -3.90. The first-order chi connectivity index (χ1) is 23.3. The number of aromatic nitrogens is 2. The summed E-state index contributed by atoms with van der Waals surface area (Å²) >= 11 is 0. The molecular weight excluding hydrogens is 656 g/mol. The number of hydrogen-bond donors (Lipinski definition) is 4. The van der Waals surface area contributed by atoms with E-state index < -0.39 is 74.7 Å². The highest BCUT2D eigenvalue weighted by atomic mass is 32.2. The van der Waals surface area contributed by atoms with Crippen molar-refractivity contribution < 1.29 is 42.2 Å². The van der Waals surface area contributed by atoms with Crippen molar-refractivity contribution in [1.82, 2.24) is 30.5 Å². The number of rotatable bonds is 7. The summed E-state index contributed by atoms with van der Waals surface area (Å²) in [5, 5.41) is 23.8. The third kappa shape index (κ3) is 7.14. The number of fused-ring (bicyclic) bond motifs is 3. The SMILES string of the molecule is COc1nnc(O[C@@H]2C[C@H]3C(=O)N[C@]4(C(=O)NS(=O)(=O)C5CC5)C[C@H]4C=CCC[C@@H](C)C[C@@H](C)[C@H](NC(=O)O)C(=O)N3C2)c2ccccc12. The van der Waals surface area contributed by atoms with E-state index in [4.69, 9.17) is 9.47 Å². The average Bonchev–Trinajstić information content (AvgIpc) is 3.98. The predicted molar refractivity (Wildman–Crippen MR) is 176 cm³/mol. The topological polar surface area (TPSA) is 206 Å². The number of amides is 4. The van der Waals surface area contributed by atoms with Crippen LogP contribution in [0.3, 0.4) is 0 Å².